The van der Waals surface area contributed by atoms with Crippen LogP contribution in [0.1, 0.15) is 32.1 Å². The molecule has 0 spiro atoms. The molecule has 0 aromatic carbocycles. The van der Waals surface area contributed by atoms with E-state index in [2.05, 4.69) is 4.90 Å². The fourth-order valence-corrected chi connectivity index (χ4v) is 2.97. The zero-order valence-electron chi connectivity index (χ0n) is 13.0. The van der Waals surface area contributed by atoms with Crippen molar-refractivity contribution in [1.82, 2.24) is 14.7 Å². The SMILES string of the molecule is O=C(O)CCCC(=O)N1CCN(CCN2CCCC2=O)CC1. The maximum absolute atomic E-state index is 12.0. The number of carboxylic acids is 1. The normalized spacial score (nSPS) is 19.7. The lowest BCUT2D eigenvalue weighted by Crippen LogP contribution is -2.50. The van der Waals surface area contributed by atoms with E-state index < -0.39 is 5.97 Å². The molecule has 2 saturated heterocycles. The topological polar surface area (TPSA) is 81.2 Å². The van der Waals surface area contributed by atoms with Gasteiger partial charge < -0.3 is 14.9 Å². The number of carbonyl (C=O) groups is 3. The van der Waals surface area contributed by atoms with E-state index in [4.69, 9.17) is 5.11 Å². The number of amides is 2. The van der Waals surface area contributed by atoms with Crippen molar-refractivity contribution < 1.29 is 19.5 Å². The predicted molar refractivity (Wildman–Crippen MR) is 80.3 cm³/mol. The Morgan fingerprint density at radius 1 is 1.00 bits per heavy atom. The largest absolute Gasteiger partial charge is 0.481 e. The van der Waals surface area contributed by atoms with Gasteiger partial charge in [-0.1, -0.05) is 0 Å². The van der Waals surface area contributed by atoms with Crippen LogP contribution < -0.4 is 0 Å². The summed E-state index contributed by atoms with van der Waals surface area (Å²) in [6.07, 6.45) is 2.42. The lowest BCUT2D eigenvalue weighted by Gasteiger charge is -2.35. The maximum Gasteiger partial charge on any atom is 0.303 e. The van der Waals surface area contributed by atoms with Gasteiger partial charge in [0.15, 0.2) is 0 Å². The van der Waals surface area contributed by atoms with Crippen LogP contribution in [0.2, 0.25) is 0 Å². The van der Waals surface area contributed by atoms with E-state index in [9.17, 15) is 14.4 Å². The Labute approximate surface area is 130 Å². The quantitative estimate of drug-likeness (QED) is 0.716. The maximum atomic E-state index is 12.0. The first kappa shape index (κ1) is 16.7. The summed E-state index contributed by atoms with van der Waals surface area (Å²) in [6.45, 7) is 5.57. The Bertz CT molecular complexity index is 419. The molecule has 2 aliphatic rings. The summed E-state index contributed by atoms with van der Waals surface area (Å²) in [4.78, 5) is 40.0. The molecule has 0 atom stereocenters. The number of rotatable bonds is 7. The highest BCUT2D eigenvalue weighted by Crippen LogP contribution is 2.10. The molecule has 0 aromatic heterocycles. The van der Waals surface area contributed by atoms with Crippen LogP contribution in [0.5, 0.6) is 0 Å². The van der Waals surface area contributed by atoms with E-state index in [0.717, 1.165) is 39.1 Å². The molecule has 2 rings (SSSR count). The Morgan fingerprint density at radius 2 is 1.73 bits per heavy atom. The highest BCUT2D eigenvalue weighted by atomic mass is 16.4. The standard InChI is InChI=1S/C15H25N3O4/c19-13(3-1-5-15(21)22)18-11-8-16(9-12-18)7-10-17-6-2-4-14(17)20/h1-12H2,(H,21,22). The molecule has 0 aromatic rings. The zero-order valence-corrected chi connectivity index (χ0v) is 13.0. The molecular weight excluding hydrogens is 286 g/mol. The summed E-state index contributed by atoms with van der Waals surface area (Å²) in [5, 5.41) is 8.58. The smallest absolute Gasteiger partial charge is 0.303 e. The van der Waals surface area contributed by atoms with Crippen molar-refractivity contribution in [2.24, 2.45) is 0 Å². The molecule has 1 N–H and O–H groups in total. The number of nitrogens with zero attached hydrogens (tertiary/aromatic N) is 3. The summed E-state index contributed by atoms with van der Waals surface area (Å²) in [6, 6.07) is 0. The van der Waals surface area contributed by atoms with Crippen LogP contribution in [0, 0.1) is 0 Å². The predicted octanol–water partition coefficient (Wildman–Crippen LogP) is 0.00790. The molecule has 22 heavy (non-hydrogen) atoms. The molecule has 0 aliphatic carbocycles. The molecule has 0 saturated carbocycles. The number of carboxylic acid groups (broad SMARTS) is 1. The van der Waals surface area contributed by atoms with Gasteiger partial charge in [0, 0.05) is 65.1 Å². The number of hydrogen-bond acceptors (Lipinski definition) is 4. The molecule has 0 radical (unpaired) electrons. The van der Waals surface area contributed by atoms with E-state index in [-0.39, 0.29) is 18.2 Å². The second-order valence-corrected chi connectivity index (χ2v) is 5.95. The van der Waals surface area contributed by atoms with Gasteiger partial charge in [-0.3, -0.25) is 19.3 Å². The molecule has 124 valence electrons. The van der Waals surface area contributed by atoms with Gasteiger partial charge in [-0.15, -0.1) is 0 Å². The van der Waals surface area contributed by atoms with Crippen LogP contribution in [0.4, 0.5) is 0 Å². The van der Waals surface area contributed by atoms with E-state index in [1.54, 1.807) is 0 Å². The average molecular weight is 311 g/mol. The van der Waals surface area contributed by atoms with Crippen LogP contribution in [-0.4, -0.2) is 83.4 Å². The molecule has 7 nitrogen and oxygen atoms in total. The van der Waals surface area contributed by atoms with Crippen molar-refractivity contribution in [2.75, 3.05) is 45.8 Å². The van der Waals surface area contributed by atoms with Gasteiger partial charge in [0.25, 0.3) is 0 Å². The van der Waals surface area contributed by atoms with Gasteiger partial charge in [0.2, 0.25) is 11.8 Å². The molecule has 0 unspecified atom stereocenters. The molecule has 2 heterocycles. The van der Waals surface area contributed by atoms with Crippen molar-refractivity contribution >= 4 is 17.8 Å². The number of carbonyl (C=O) groups excluding carboxylic acids is 2. The van der Waals surface area contributed by atoms with E-state index in [0.29, 0.717) is 32.4 Å². The first-order valence-electron chi connectivity index (χ1n) is 8.06. The number of likely N-dealkylation sites (tertiary alicyclic amines) is 1. The first-order chi connectivity index (χ1) is 10.6. The number of hydrogen-bond donors (Lipinski definition) is 1. The summed E-state index contributed by atoms with van der Waals surface area (Å²) in [5.41, 5.74) is 0. The van der Waals surface area contributed by atoms with Crippen molar-refractivity contribution in [3.8, 4) is 0 Å². The third-order valence-corrected chi connectivity index (χ3v) is 4.36. The van der Waals surface area contributed by atoms with Gasteiger partial charge in [-0.05, 0) is 12.8 Å². The summed E-state index contributed by atoms with van der Waals surface area (Å²) in [7, 11) is 0. The lowest BCUT2D eigenvalue weighted by molar-refractivity contribution is -0.137. The second kappa shape index (κ2) is 8.12. The van der Waals surface area contributed by atoms with Gasteiger partial charge in [0.1, 0.15) is 0 Å². The Kier molecular flexibility index (Phi) is 6.18. The number of piperazine rings is 1. The van der Waals surface area contributed by atoms with Crippen LogP contribution in [-0.2, 0) is 14.4 Å². The molecule has 2 amide bonds. The van der Waals surface area contributed by atoms with E-state index in [1.165, 1.54) is 0 Å². The van der Waals surface area contributed by atoms with E-state index >= 15 is 0 Å². The van der Waals surface area contributed by atoms with Crippen molar-refractivity contribution in [3.63, 3.8) is 0 Å². The Morgan fingerprint density at radius 3 is 2.32 bits per heavy atom. The minimum atomic E-state index is -0.853. The second-order valence-electron chi connectivity index (χ2n) is 5.95. The van der Waals surface area contributed by atoms with Crippen molar-refractivity contribution in [2.45, 2.75) is 32.1 Å². The third-order valence-electron chi connectivity index (χ3n) is 4.36. The fraction of sp³-hybridized carbons (Fsp3) is 0.800. The zero-order chi connectivity index (χ0) is 15.9. The van der Waals surface area contributed by atoms with Crippen LogP contribution in [0.15, 0.2) is 0 Å². The third kappa shape index (κ3) is 4.98. The molecule has 0 bridgehead atoms. The Balaban J connectivity index is 1.61. The fourth-order valence-electron chi connectivity index (χ4n) is 2.97. The minimum absolute atomic E-state index is 0.0512. The van der Waals surface area contributed by atoms with Crippen LogP contribution in [0.3, 0.4) is 0 Å². The van der Waals surface area contributed by atoms with Gasteiger partial charge in [-0.25, -0.2) is 0 Å². The molecular formula is C15H25N3O4. The summed E-state index contributed by atoms with van der Waals surface area (Å²) >= 11 is 0. The highest BCUT2D eigenvalue weighted by Gasteiger charge is 2.23. The average Bonchev–Trinajstić information content (AvgIpc) is 2.90. The van der Waals surface area contributed by atoms with Crippen LogP contribution >= 0.6 is 0 Å². The lowest BCUT2D eigenvalue weighted by atomic mass is 10.2. The number of aliphatic carboxylic acids is 1. The van der Waals surface area contributed by atoms with Crippen molar-refractivity contribution in [1.29, 1.82) is 0 Å². The highest BCUT2D eigenvalue weighted by molar-refractivity contribution is 5.78. The molecule has 7 heteroatoms. The van der Waals surface area contributed by atoms with Crippen LogP contribution in [0.25, 0.3) is 0 Å². The minimum Gasteiger partial charge on any atom is -0.481 e. The van der Waals surface area contributed by atoms with Crippen molar-refractivity contribution in [3.05, 3.63) is 0 Å². The van der Waals surface area contributed by atoms with E-state index in [1.807, 2.05) is 9.80 Å². The summed E-state index contributed by atoms with van der Waals surface area (Å²) < 4.78 is 0. The van der Waals surface area contributed by atoms with Gasteiger partial charge in [0.05, 0.1) is 0 Å². The monoisotopic (exact) mass is 311 g/mol. The Hall–Kier alpha value is -1.63. The molecule has 2 fully saturated rings. The van der Waals surface area contributed by atoms with Gasteiger partial charge >= 0.3 is 5.97 Å². The first-order valence-corrected chi connectivity index (χ1v) is 8.06. The molecule has 2 aliphatic heterocycles. The van der Waals surface area contributed by atoms with Gasteiger partial charge in [-0.2, -0.15) is 0 Å². The summed E-state index contributed by atoms with van der Waals surface area (Å²) in [5.74, 6) is -0.544.